The lowest BCUT2D eigenvalue weighted by Gasteiger charge is -2.38. The summed E-state index contributed by atoms with van der Waals surface area (Å²) in [6, 6.07) is 3.11. The summed E-state index contributed by atoms with van der Waals surface area (Å²) in [5, 5.41) is 3.30. The second-order valence-corrected chi connectivity index (χ2v) is 6.13. The predicted molar refractivity (Wildman–Crippen MR) is 76.7 cm³/mol. The molecular weight excluding hydrogens is 327 g/mol. The number of esters is 1. The molecule has 0 saturated carbocycles. The van der Waals surface area contributed by atoms with Gasteiger partial charge >= 0.3 is 5.97 Å². The average molecular weight is 345 g/mol. The molecule has 1 aliphatic rings. The maximum absolute atomic E-state index is 13.9. The zero-order valence-corrected chi connectivity index (χ0v) is 13.2. The van der Waals surface area contributed by atoms with Crippen LogP contribution in [-0.4, -0.2) is 30.6 Å². The molecule has 0 bridgehead atoms. The van der Waals surface area contributed by atoms with Crippen LogP contribution in [0.2, 0.25) is 0 Å². The van der Waals surface area contributed by atoms with Gasteiger partial charge in [-0.3, -0.25) is 4.79 Å². The van der Waals surface area contributed by atoms with Crippen LogP contribution in [0.5, 0.6) is 0 Å². The number of halogens is 2. The minimum Gasteiger partial charge on any atom is -0.469 e. The fourth-order valence-electron chi connectivity index (χ4n) is 2.86. The van der Waals surface area contributed by atoms with E-state index in [4.69, 9.17) is 4.74 Å². The fraction of sp³-hybridized carbons (Fsp3) is 0.571. The third-order valence-electron chi connectivity index (χ3n) is 3.80. The van der Waals surface area contributed by atoms with E-state index >= 15 is 0 Å². The Hall–Kier alpha value is -1.01. The average Bonchev–Trinajstić information content (AvgIpc) is 2.42. The minimum atomic E-state index is -0.700. The zero-order chi connectivity index (χ0) is 14.8. The molecular formula is C14H18BrFN2O2. The van der Waals surface area contributed by atoms with Crippen LogP contribution in [0, 0.1) is 11.2 Å². The Morgan fingerprint density at radius 2 is 2.40 bits per heavy atom. The number of methoxy groups -OCH3 is 1. The molecule has 1 aromatic heterocycles. The van der Waals surface area contributed by atoms with Gasteiger partial charge in [0.05, 0.1) is 18.2 Å². The molecule has 1 aromatic rings. The van der Waals surface area contributed by atoms with Gasteiger partial charge in [0.2, 0.25) is 0 Å². The van der Waals surface area contributed by atoms with Crippen LogP contribution in [0.25, 0.3) is 0 Å². The van der Waals surface area contributed by atoms with Gasteiger partial charge in [-0.05, 0) is 54.4 Å². The molecule has 1 fully saturated rings. The van der Waals surface area contributed by atoms with Crippen LogP contribution >= 0.6 is 15.9 Å². The van der Waals surface area contributed by atoms with Gasteiger partial charge in [0.15, 0.2) is 0 Å². The topological polar surface area (TPSA) is 51.2 Å². The Kier molecular flexibility index (Phi) is 4.75. The van der Waals surface area contributed by atoms with Crippen LogP contribution in [0.4, 0.5) is 4.39 Å². The number of ether oxygens (including phenoxy) is 1. The number of carbonyl (C=O) groups is 1. The van der Waals surface area contributed by atoms with E-state index in [-0.39, 0.29) is 24.2 Å². The van der Waals surface area contributed by atoms with Crippen LogP contribution in [0.1, 0.15) is 25.5 Å². The molecule has 20 heavy (non-hydrogen) atoms. The SMILES string of the molecule is COC(=O)C1(Cc2nc(Br)ccc2F)CCNC(C)C1. The van der Waals surface area contributed by atoms with Gasteiger partial charge in [-0.15, -0.1) is 0 Å². The van der Waals surface area contributed by atoms with E-state index < -0.39 is 5.41 Å². The summed E-state index contributed by atoms with van der Waals surface area (Å²) < 4.78 is 19.4. The Morgan fingerprint density at radius 3 is 3.05 bits per heavy atom. The second-order valence-electron chi connectivity index (χ2n) is 5.32. The summed E-state index contributed by atoms with van der Waals surface area (Å²) in [5.74, 6) is -0.672. The highest BCUT2D eigenvalue weighted by Crippen LogP contribution is 2.36. The van der Waals surface area contributed by atoms with Crippen LogP contribution in [-0.2, 0) is 16.0 Å². The Labute approximate surface area is 126 Å². The van der Waals surface area contributed by atoms with Crippen molar-refractivity contribution in [2.24, 2.45) is 5.41 Å². The van der Waals surface area contributed by atoms with Gasteiger partial charge < -0.3 is 10.1 Å². The number of piperidine rings is 1. The molecule has 110 valence electrons. The summed E-state index contributed by atoms with van der Waals surface area (Å²) in [6.07, 6.45) is 1.50. The van der Waals surface area contributed by atoms with Gasteiger partial charge in [-0.25, -0.2) is 9.37 Å². The van der Waals surface area contributed by atoms with Crippen LogP contribution < -0.4 is 5.32 Å². The maximum atomic E-state index is 13.9. The molecule has 2 atom stereocenters. The number of rotatable bonds is 3. The summed E-state index contributed by atoms with van der Waals surface area (Å²) >= 11 is 3.24. The molecule has 0 amide bonds. The number of carbonyl (C=O) groups excluding carboxylic acids is 1. The molecule has 2 rings (SSSR count). The summed E-state index contributed by atoms with van der Waals surface area (Å²) in [5.41, 5.74) is -0.396. The molecule has 2 unspecified atom stereocenters. The van der Waals surface area contributed by atoms with Gasteiger partial charge in [-0.2, -0.15) is 0 Å². The number of nitrogens with zero attached hydrogens (tertiary/aromatic N) is 1. The van der Waals surface area contributed by atoms with Gasteiger partial charge in [-0.1, -0.05) is 0 Å². The summed E-state index contributed by atoms with van der Waals surface area (Å²) in [7, 11) is 1.38. The van der Waals surface area contributed by atoms with Gasteiger partial charge in [0, 0.05) is 12.5 Å². The smallest absolute Gasteiger partial charge is 0.312 e. The standard InChI is InChI=1S/C14H18BrFN2O2/c1-9-7-14(5-6-17-9,13(19)20-2)8-11-10(16)3-4-12(15)18-11/h3-4,9,17H,5-8H2,1-2H3. The third kappa shape index (κ3) is 3.17. The monoisotopic (exact) mass is 344 g/mol. The third-order valence-corrected chi connectivity index (χ3v) is 4.24. The van der Waals surface area contributed by atoms with Crippen LogP contribution in [0.15, 0.2) is 16.7 Å². The zero-order valence-electron chi connectivity index (χ0n) is 11.6. The van der Waals surface area contributed by atoms with E-state index in [2.05, 4.69) is 26.2 Å². The van der Waals surface area contributed by atoms with E-state index in [0.29, 0.717) is 29.7 Å². The molecule has 0 aliphatic carbocycles. The first kappa shape index (κ1) is 15.4. The predicted octanol–water partition coefficient (Wildman–Crippen LogP) is 2.46. The number of hydrogen-bond acceptors (Lipinski definition) is 4. The number of hydrogen-bond donors (Lipinski definition) is 1. The van der Waals surface area contributed by atoms with E-state index in [1.165, 1.54) is 13.2 Å². The first-order valence-electron chi connectivity index (χ1n) is 6.59. The van der Waals surface area contributed by atoms with Crippen LogP contribution in [0.3, 0.4) is 0 Å². The fourth-order valence-corrected chi connectivity index (χ4v) is 3.20. The van der Waals surface area contributed by atoms with Crippen molar-refractivity contribution in [2.45, 2.75) is 32.2 Å². The van der Waals surface area contributed by atoms with E-state index in [1.807, 2.05) is 6.92 Å². The van der Waals surface area contributed by atoms with Crippen molar-refractivity contribution in [3.05, 3.63) is 28.2 Å². The molecule has 4 nitrogen and oxygen atoms in total. The van der Waals surface area contributed by atoms with Crippen molar-refractivity contribution < 1.29 is 13.9 Å². The largest absolute Gasteiger partial charge is 0.469 e. The molecule has 6 heteroatoms. The van der Waals surface area contributed by atoms with Gasteiger partial charge in [0.25, 0.3) is 0 Å². The second kappa shape index (κ2) is 6.18. The maximum Gasteiger partial charge on any atom is 0.312 e. The first-order chi connectivity index (χ1) is 9.47. The molecule has 1 saturated heterocycles. The molecule has 1 N–H and O–H groups in total. The molecule has 1 aliphatic heterocycles. The lowest BCUT2D eigenvalue weighted by molar-refractivity contribution is -0.155. The molecule has 0 radical (unpaired) electrons. The molecule has 0 aromatic carbocycles. The highest BCUT2D eigenvalue weighted by atomic mass is 79.9. The summed E-state index contributed by atoms with van der Waals surface area (Å²) in [6.45, 7) is 2.73. The highest BCUT2D eigenvalue weighted by Gasteiger charge is 2.43. The number of pyridine rings is 1. The number of nitrogens with one attached hydrogen (secondary N) is 1. The van der Waals surface area contributed by atoms with Crippen molar-refractivity contribution in [1.29, 1.82) is 0 Å². The minimum absolute atomic E-state index is 0.193. The quantitative estimate of drug-likeness (QED) is 0.675. The number of aromatic nitrogens is 1. The highest BCUT2D eigenvalue weighted by molar-refractivity contribution is 9.10. The molecule has 0 spiro atoms. The summed E-state index contributed by atoms with van der Waals surface area (Å²) in [4.78, 5) is 16.4. The van der Waals surface area contributed by atoms with Crippen molar-refractivity contribution >= 4 is 21.9 Å². The molecule has 2 heterocycles. The Bertz CT molecular complexity index is 512. The lowest BCUT2D eigenvalue weighted by atomic mass is 9.73. The Morgan fingerprint density at radius 1 is 1.65 bits per heavy atom. The van der Waals surface area contributed by atoms with Gasteiger partial charge in [0.1, 0.15) is 10.4 Å². The van der Waals surface area contributed by atoms with Crippen molar-refractivity contribution in [1.82, 2.24) is 10.3 Å². The van der Waals surface area contributed by atoms with Crippen molar-refractivity contribution in [2.75, 3.05) is 13.7 Å². The van der Waals surface area contributed by atoms with E-state index in [0.717, 1.165) is 0 Å². The van der Waals surface area contributed by atoms with Crippen molar-refractivity contribution in [3.8, 4) is 0 Å². The van der Waals surface area contributed by atoms with E-state index in [1.54, 1.807) is 6.07 Å². The van der Waals surface area contributed by atoms with Crippen molar-refractivity contribution in [3.63, 3.8) is 0 Å². The Balaban J connectivity index is 2.32. The normalized spacial score (nSPS) is 26.3. The lowest BCUT2D eigenvalue weighted by Crippen LogP contribution is -2.48. The van der Waals surface area contributed by atoms with E-state index in [9.17, 15) is 9.18 Å². The first-order valence-corrected chi connectivity index (χ1v) is 7.39.